The van der Waals surface area contributed by atoms with Crippen LogP contribution in [0.3, 0.4) is 0 Å². The molecule has 6 nitrogen and oxygen atoms in total. The van der Waals surface area contributed by atoms with E-state index in [-0.39, 0.29) is 23.5 Å². The molecule has 0 unspecified atom stereocenters. The van der Waals surface area contributed by atoms with E-state index in [1.54, 1.807) is 31.2 Å². The summed E-state index contributed by atoms with van der Waals surface area (Å²) >= 11 is 7.46. The fourth-order valence-corrected chi connectivity index (χ4v) is 3.75. The molecule has 3 N–H and O–H groups in total. The zero-order valence-corrected chi connectivity index (χ0v) is 16.2. The van der Waals surface area contributed by atoms with Crippen LogP contribution in [0, 0.1) is 11.3 Å². The normalized spacial score (nSPS) is 16.4. The van der Waals surface area contributed by atoms with Gasteiger partial charge in [-0.05, 0) is 18.6 Å². The highest BCUT2D eigenvalue weighted by Crippen LogP contribution is 2.43. The Labute approximate surface area is 166 Å². The number of dihydropyridines is 1. The standard InChI is InChI=1S/C19H18ClN3O3S/c1-3-8-26-19(25)16-11(2)23-18(27-10-15(22)24)13(9-21)17(16)12-6-4-5-7-14(12)20/h3-7,17,23H,1,8,10H2,2H3,(H2,22,24)/t17-/m1/s1. The van der Waals surface area contributed by atoms with Crippen molar-refractivity contribution in [2.75, 3.05) is 12.4 Å². The first-order valence-electron chi connectivity index (χ1n) is 7.96. The van der Waals surface area contributed by atoms with Crippen LogP contribution in [0.5, 0.6) is 0 Å². The Morgan fingerprint density at radius 2 is 2.19 bits per heavy atom. The van der Waals surface area contributed by atoms with Crippen molar-refractivity contribution in [3.63, 3.8) is 0 Å². The average molecular weight is 404 g/mol. The molecule has 0 fully saturated rings. The molecule has 1 aromatic carbocycles. The number of nitriles is 1. The van der Waals surface area contributed by atoms with Gasteiger partial charge in [0.15, 0.2) is 0 Å². The monoisotopic (exact) mass is 403 g/mol. The van der Waals surface area contributed by atoms with E-state index in [1.165, 1.54) is 6.08 Å². The minimum Gasteiger partial charge on any atom is -0.458 e. The number of nitrogens with two attached hydrogens (primary N) is 1. The summed E-state index contributed by atoms with van der Waals surface area (Å²) in [5.74, 6) is -1.82. The first kappa shape index (κ1) is 20.6. The zero-order valence-electron chi connectivity index (χ0n) is 14.6. The Balaban J connectivity index is 2.60. The summed E-state index contributed by atoms with van der Waals surface area (Å²) < 4.78 is 5.21. The molecule has 140 valence electrons. The van der Waals surface area contributed by atoms with Gasteiger partial charge in [0.05, 0.1) is 33.9 Å². The Bertz CT molecular complexity index is 886. The number of esters is 1. The Hall–Kier alpha value is -2.69. The van der Waals surface area contributed by atoms with E-state index in [4.69, 9.17) is 22.1 Å². The molecule has 27 heavy (non-hydrogen) atoms. The van der Waals surface area contributed by atoms with Crippen LogP contribution in [0.1, 0.15) is 18.4 Å². The number of halogens is 1. The van der Waals surface area contributed by atoms with Crippen LogP contribution < -0.4 is 11.1 Å². The molecular formula is C19H18ClN3O3S. The molecule has 0 aromatic heterocycles. The summed E-state index contributed by atoms with van der Waals surface area (Å²) in [6, 6.07) is 9.11. The first-order valence-corrected chi connectivity index (χ1v) is 9.32. The highest BCUT2D eigenvalue weighted by Gasteiger charge is 2.36. The van der Waals surface area contributed by atoms with Gasteiger partial charge in [-0.1, -0.05) is 54.2 Å². The third-order valence-corrected chi connectivity index (χ3v) is 5.16. The number of hydrogen-bond acceptors (Lipinski definition) is 6. The van der Waals surface area contributed by atoms with Gasteiger partial charge in [-0.3, -0.25) is 4.79 Å². The van der Waals surface area contributed by atoms with Crippen molar-refractivity contribution in [1.29, 1.82) is 5.26 Å². The third kappa shape index (κ3) is 4.73. The van der Waals surface area contributed by atoms with E-state index < -0.39 is 17.8 Å². The number of rotatable bonds is 7. The minimum absolute atomic E-state index is 0.00766. The summed E-state index contributed by atoms with van der Waals surface area (Å²) in [6.07, 6.45) is 1.46. The van der Waals surface area contributed by atoms with Gasteiger partial charge in [0.25, 0.3) is 0 Å². The summed E-state index contributed by atoms with van der Waals surface area (Å²) in [5, 5.41) is 13.7. The summed E-state index contributed by atoms with van der Waals surface area (Å²) in [6.45, 7) is 5.28. The van der Waals surface area contributed by atoms with Gasteiger partial charge < -0.3 is 15.8 Å². The highest BCUT2D eigenvalue weighted by atomic mass is 35.5. The maximum Gasteiger partial charge on any atom is 0.337 e. The third-order valence-electron chi connectivity index (χ3n) is 3.77. The molecule has 1 atom stereocenters. The van der Waals surface area contributed by atoms with Crippen molar-refractivity contribution in [1.82, 2.24) is 5.32 Å². The van der Waals surface area contributed by atoms with Crippen LogP contribution in [-0.4, -0.2) is 24.2 Å². The lowest BCUT2D eigenvalue weighted by Crippen LogP contribution is -2.29. The lowest BCUT2D eigenvalue weighted by atomic mass is 9.82. The van der Waals surface area contributed by atoms with Crippen molar-refractivity contribution >= 4 is 35.2 Å². The number of allylic oxidation sites excluding steroid dienone is 2. The van der Waals surface area contributed by atoms with E-state index in [1.807, 2.05) is 0 Å². The van der Waals surface area contributed by atoms with E-state index in [0.29, 0.717) is 21.3 Å². The number of hydrogen-bond donors (Lipinski definition) is 2. The maximum atomic E-state index is 12.7. The van der Waals surface area contributed by atoms with Crippen molar-refractivity contribution < 1.29 is 14.3 Å². The molecule has 1 amide bonds. The van der Waals surface area contributed by atoms with Crippen LogP contribution in [0.15, 0.2) is 58.8 Å². The van der Waals surface area contributed by atoms with E-state index in [2.05, 4.69) is 18.0 Å². The SMILES string of the molecule is C=CCOC(=O)C1=C(C)NC(SCC(N)=O)=C(C#N)[C@H]1c1ccccc1Cl. The molecule has 2 rings (SSSR count). The zero-order chi connectivity index (χ0) is 20.0. The van der Waals surface area contributed by atoms with Gasteiger partial charge in [0.2, 0.25) is 5.91 Å². The smallest absolute Gasteiger partial charge is 0.337 e. The molecule has 0 radical (unpaired) electrons. The number of benzene rings is 1. The van der Waals surface area contributed by atoms with Gasteiger partial charge in [-0.25, -0.2) is 4.79 Å². The average Bonchev–Trinajstić information content (AvgIpc) is 2.64. The van der Waals surface area contributed by atoms with Gasteiger partial charge in [-0.2, -0.15) is 5.26 Å². The molecule has 0 bridgehead atoms. The predicted octanol–water partition coefficient (Wildman–Crippen LogP) is 2.98. The van der Waals surface area contributed by atoms with Crippen molar-refractivity contribution in [2.24, 2.45) is 5.73 Å². The Morgan fingerprint density at radius 1 is 1.48 bits per heavy atom. The van der Waals surface area contributed by atoms with E-state index in [9.17, 15) is 14.9 Å². The highest BCUT2D eigenvalue weighted by molar-refractivity contribution is 8.03. The summed E-state index contributed by atoms with van der Waals surface area (Å²) in [5.41, 5.74) is 6.88. The number of primary amides is 1. The molecule has 8 heteroatoms. The van der Waals surface area contributed by atoms with Gasteiger partial charge in [-0.15, -0.1) is 0 Å². The summed E-state index contributed by atoms with van der Waals surface area (Å²) in [4.78, 5) is 23.8. The second-order valence-corrected chi connectivity index (χ2v) is 7.01. The lowest BCUT2D eigenvalue weighted by molar-refractivity contribution is -0.138. The quantitative estimate of drug-likeness (QED) is 0.535. The van der Waals surface area contributed by atoms with Crippen LogP contribution in [-0.2, 0) is 14.3 Å². The fraction of sp³-hybridized carbons (Fsp3) is 0.211. The van der Waals surface area contributed by atoms with Gasteiger partial charge >= 0.3 is 5.97 Å². The van der Waals surface area contributed by atoms with Crippen molar-refractivity contribution in [2.45, 2.75) is 12.8 Å². The Morgan fingerprint density at radius 3 is 2.78 bits per heavy atom. The molecule has 1 aliphatic rings. The lowest BCUT2D eigenvalue weighted by Gasteiger charge is -2.29. The minimum atomic E-state index is -0.724. The first-order chi connectivity index (χ1) is 12.9. The van der Waals surface area contributed by atoms with Gasteiger partial charge in [0.1, 0.15) is 6.61 Å². The van der Waals surface area contributed by atoms with Crippen LogP contribution in [0.25, 0.3) is 0 Å². The molecule has 0 saturated carbocycles. The fourth-order valence-electron chi connectivity index (χ4n) is 2.67. The molecule has 0 spiro atoms. The summed E-state index contributed by atoms with van der Waals surface area (Å²) in [7, 11) is 0. The maximum absolute atomic E-state index is 12.7. The Kier molecular flexibility index (Phi) is 7.11. The number of thioether (sulfide) groups is 1. The number of ether oxygens (including phenoxy) is 1. The molecular weight excluding hydrogens is 386 g/mol. The molecule has 1 aromatic rings. The van der Waals surface area contributed by atoms with E-state index in [0.717, 1.165) is 11.8 Å². The van der Waals surface area contributed by atoms with Crippen molar-refractivity contribution in [3.8, 4) is 6.07 Å². The number of carbonyl (C=O) groups is 2. The van der Waals surface area contributed by atoms with Gasteiger partial charge in [0, 0.05) is 10.7 Å². The number of carbonyl (C=O) groups excluding carboxylic acids is 2. The van der Waals surface area contributed by atoms with Crippen LogP contribution in [0.4, 0.5) is 0 Å². The molecule has 1 heterocycles. The van der Waals surface area contributed by atoms with Crippen LogP contribution in [0.2, 0.25) is 5.02 Å². The van der Waals surface area contributed by atoms with E-state index >= 15 is 0 Å². The van der Waals surface area contributed by atoms with Crippen molar-refractivity contribution in [3.05, 3.63) is 69.4 Å². The number of amides is 1. The number of nitrogens with one attached hydrogen (secondary N) is 1. The number of nitrogens with zero attached hydrogens (tertiary/aromatic N) is 1. The molecule has 0 aliphatic carbocycles. The van der Waals surface area contributed by atoms with Crippen LogP contribution >= 0.6 is 23.4 Å². The largest absolute Gasteiger partial charge is 0.458 e. The topological polar surface area (TPSA) is 105 Å². The second kappa shape index (κ2) is 9.31. The predicted molar refractivity (Wildman–Crippen MR) is 105 cm³/mol. The molecule has 0 saturated heterocycles. The second-order valence-electron chi connectivity index (χ2n) is 5.61. The molecule has 1 aliphatic heterocycles.